The summed E-state index contributed by atoms with van der Waals surface area (Å²) in [5, 5.41) is 11.6. The number of anilines is 1. The molecule has 0 saturated heterocycles. The van der Waals surface area contributed by atoms with E-state index in [0.717, 1.165) is 11.8 Å². The van der Waals surface area contributed by atoms with E-state index in [2.05, 4.69) is 15.5 Å². The summed E-state index contributed by atoms with van der Waals surface area (Å²) in [5.74, 6) is 1.50. The molecule has 0 radical (unpaired) electrons. The normalized spacial score (nSPS) is 10.6. The van der Waals surface area contributed by atoms with E-state index in [1.165, 1.54) is 0 Å². The molecule has 0 aliphatic heterocycles. The highest BCUT2D eigenvalue weighted by Crippen LogP contribution is 2.33. The number of halogens is 1. The number of hydrogen-bond donors (Lipinski definition) is 1. The van der Waals surface area contributed by atoms with Crippen LogP contribution in [-0.2, 0) is 4.79 Å². The number of ether oxygens (including phenoxy) is 1. The minimum absolute atomic E-state index is 0.106. The fourth-order valence-corrected chi connectivity index (χ4v) is 3.35. The van der Waals surface area contributed by atoms with Crippen molar-refractivity contribution in [1.82, 2.24) is 10.2 Å². The molecule has 0 spiro atoms. The lowest BCUT2D eigenvalue weighted by Gasteiger charge is -2.08. The number of carbonyl (C=O) groups excluding carboxylic acids is 1. The number of amides is 1. The number of para-hydroxylation sites is 3. The van der Waals surface area contributed by atoms with Gasteiger partial charge in [-0.2, -0.15) is 0 Å². The monoisotopic (exact) mass is 437 g/mol. The van der Waals surface area contributed by atoms with Gasteiger partial charge in [-0.3, -0.25) is 4.79 Å². The van der Waals surface area contributed by atoms with Gasteiger partial charge in [0.2, 0.25) is 5.91 Å². The smallest absolute Gasteiger partial charge is 0.277 e. The van der Waals surface area contributed by atoms with Gasteiger partial charge in [-0.1, -0.05) is 65.8 Å². The second-order valence-electron chi connectivity index (χ2n) is 6.10. The molecule has 4 aromatic rings. The number of nitrogens with zero attached hydrogens (tertiary/aromatic N) is 2. The van der Waals surface area contributed by atoms with E-state index in [-0.39, 0.29) is 16.9 Å². The van der Waals surface area contributed by atoms with Gasteiger partial charge in [-0.05, 0) is 36.4 Å². The van der Waals surface area contributed by atoms with Crippen LogP contribution in [0.2, 0.25) is 5.02 Å². The first-order valence-corrected chi connectivity index (χ1v) is 10.4. The van der Waals surface area contributed by atoms with Gasteiger partial charge >= 0.3 is 0 Å². The molecular weight excluding hydrogens is 422 g/mol. The van der Waals surface area contributed by atoms with Crippen LogP contribution in [0, 0.1) is 0 Å². The van der Waals surface area contributed by atoms with Crippen LogP contribution in [0.5, 0.6) is 11.5 Å². The molecule has 0 aliphatic carbocycles. The zero-order valence-electron chi connectivity index (χ0n) is 15.6. The van der Waals surface area contributed by atoms with E-state index in [1.54, 1.807) is 24.3 Å². The van der Waals surface area contributed by atoms with Crippen molar-refractivity contribution in [2.75, 3.05) is 11.1 Å². The molecule has 1 amide bonds. The third-order valence-electron chi connectivity index (χ3n) is 3.97. The average Bonchev–Trinajstić information content (AvgIpc) is 3.24. The summed E-state index contributed by atoms with van der Waals surface area (Å²) in [5.41, 5.74) is 1.23. The van der Waals surface area contributed by atoms with Crippen molar-refractivity contribution in [3.8, 4) is 23.0 Å². The van der Waals surface area contributed by atoms with Crippen LogP contribution in [-0.4, -0.2) is 21.9 Å². The predicted octanol–water partition coefficient (Wildman–Crippen LogP) is 5.91. The molecule has 1 heterocycles. The van der Waals surface area contributed by atoms with E-state index < -0.39 is 0 Å². The molecule has 0 aliphatic rings. The van der Waals surface area contributed by atoms with Crippen molar-refractivity contribution in [3.63, 3.8) is 0 Å². The van der Waals surface area contributed by atoms with Crippen LogP contribution >= 0.6 is 23.4 Å². The Bertz CT molecular complexity index is 1150. The Morgan fingerprint density at radius 2 is 1.70 bits per heavy atom. The maximum absolute atomic E-state index is 12.2. The van der Waals surface area contributed by atoms with E-state index in [9.17, 15) is 4.79 Å². The van der Waals surface area contributed by atoms with Gasteiger partial charge in [0.15, 0.2) is 0 Å². The van der Waals surface area contributed by atoms with Crippen molar-refractivity contribution in [1.29, 1.82) is 0 Å². The van der Waals surface area contributed by atoms with Crippen LogP contribution in [0.25, 0.3) is 11.5 Å². The van der Waals surface area contributed by atoms with Crippen molar-refractivity contribution >= 4 is 35.0 Å². The second kappa shape index (κ2) is 9.47. The first-order chi connectivity index (χ1) is 14.7. The van der Waals surface area contributed by atoms with Crippen molar-refractivity contribution in [3.05, 3.63) is 83.9 Å². The Labute approximate surface area is 182 Å². The number of hydrogen-bond acceptors (Lipinski definition) is 6. The highest BCUT2D eigenvalue weighted by atomic mass is 35.5. The van der Waals surface area contributed by atoms with E-state index in [0.29, 0.717) is 33.7 Å². The Hall–Kier alpha value is -3.29. The van der Waals surface area contributed by atoms with Crippen LogP contribution < -0.4 is 10.1 Å². The van der Waals surface area contributed by atoms with Crippen molar-refractivity contribution in [2.24, 2.45) is 0 Å². The van der Waals surface area contributed by atoms with Gasteiger partial charge in [0, 0.05) is 0 Å². The Morgan fingerprint density at radius 1 is 0.967 bits per heavy atom. The quantitative estimate of drug-likeness (QED) is 0.362. The molecule has 4 rings (SSSR count). The van der Waals surface area contributed by atoms with Crippen molar-refractivity contribution in [2.45, 2.75) is 5.22 Å². The Morgan fingerprint density at radius 3 is 2.53 bits per heavy atom. The van der Waals surface area contributed by atoms with Crippen LogP contribution in [0.1, 0.15) is 0 Å². The number of thioether (sulfide) groups is 1. The molecular formula is C22H16ClN3O3S. The van der Waals surface area contributed by atoms with E-state index in [4.69, 9.17) is 20.8 Å². The largest absolute Gasteiger partial charge is 0.457 e. The van der Waals surface area contributed by atoms with Gasteiger partial charge in [0.25, 0.3) is 11.1 Å². The van der Waals surface area contributed by atoms with Gasteiger partial charge in [-0.15, -0.1) is 10.2 Å². The van der Waals surface area contributed by atoms with Gasteiger partial charge in [-0.25, -0.2) is 0 Å². The maximum atomic E-state index is 12.2. The summed E-state index contributed by atoms with van der Waals surface area (Å²) < 4.78 is 11.7. The fourth-order valence-electron chi connectivity index (χ4n) is 2.60. The second-order valence-corrected chi connectivity index (χ2v) is 7.43. The lowest BCUT2D eigenvalue weighted by atomic mass is 10.2. The Kier molecular flexibility index (Phi) is 6.32. The zero-order valence-corrected chi connectivity index (χ0v) is 17.2. The summed E-state index contributed by atoms with van der Waals surface area (Å²) in [6.45, 7) is 0. The standard InChI is InChI=1S/C22H16ClN3O3S/c23-17-11-5-6-12-18(17)24-20(27)14-30-22-26-25-21(29-22)16-10-4-7-13-19(16)28-15-8-2-1-3-9-15/h1-13H,14H2,(H,24,27). The van der Waals surface area contributed by atoms with E-state index in [1.807, 2.05) is 54.6 Å². The summed E-state index contributed by atoms with van der Waals surface area (Å²) in [6.07, 6.45) is 0. The third kappa shape index (κ3) is 5.00. The van der Waals surface area contributed by atoms with Gasteiger partial charge in [0.1, 0.15) is 11.5 Å². The lowest BCUT2D eigenvalue weighted by molar-refractivity contribution is -0.113. The minimum Gasteiger partial charge on any atom is -0.457 e. The number of carbonyl (C=O) groups is 1. The lowest BCUT2D eigenvalue weighted by Crippen LogP contribution is -2.14. The summed E-state index contributed by atoms with van der Waals surface area (Å²) in [6, 6.07) is 23.9. The van der Waals surface area contributed by atoms with Gasteiger partial charge < -0.3 is 14.5 Å². The topological polar surface area (TPSA) is 77.2 Å². The molecule has 0 bridgehead atoms. The van der Waals surface area contributed by atoms with Crippen molar-refractivity contribution < 1.29 is 13.9 Å². The zero-order chi connectivity index (χ0) is 20.8. The summed E-state index contributed by atoms with van der Waals surface area (Å²) in [4.78, 5) is 12.2. The first-order valence-electron chi connectivity index (χ1n) is 9.02. The Balaban J connectivity index is 1.42. The highest BCUT2D eigenvalue weighted by molar-refractivity contribution is 7.99. The number of nitrogens with one attached hydrogen (secondary N) is 1. The highest BCUT2D eigenvalue weighted by Gasteiger charge is 2.15. The molecule has 6 nitrogen and oxygen atoms in total. The van der Waals surface area contributed by atoms with Crippen LogP contribution in [0.15, 0.2) is 88.5 Å². The number of aromatic nitrogens is 2. The molecule has 1 N–H and O–H groups in total. The molecule has 150 valence electrons. The molecule has 0 unspecified atom stereocenters. The third-order valence-corrected chi connectivity index (χ3v) is 5.12. The molecule has 0 atom stereocenters. The maximum Gasteiger partial charge on any atom is 0.277 e. The predicted molar refractivity (Wildman–Crippen MR) is 117 cm³/mol. The number of rotatable bonds is 7. The summed E-state index contributed by atoms with van der Waals surface area (Å²) >= 11 is 7.20. The van der Waals surface area contributed by atoms with E-state index >= 15 is 0 Å². The molecule has 0 fully saturated rings. The molecule has 0 saturated carbocycles. The average molecular weight is 438 g/mol. The first kappa shape index (κ1) is 20.0. The van der Waals surface area contributed by atoms with Crippen LogP contribution in [0.3, 0.4) is 0 Å². The molecule has 1 aromatic heterocycles. The van der Waals surface area contributed by atoms with Crippen LogP contribution in [0.4, 0.5) is 5.69 Å². The minimum atomic E-state index is -0.222. The summed E-state index contributed by atoms with van der Waals surface area (Å²) in [7, 11) is 0. The number of benzene rings is 3. The molecule has 30 heavy (non-hydrogen) atoms. The SMILES string of the molecule is O=C(CSc1nnc(-c2ccccc2Oc2ccccc2)o1)Nc1ccccc1Cl. The molecule has 8 heteroatoms. The van der Waals surface area contributed by atoms with Gasteiger partial charge in [0.05, 0.1) is 22.0 Å². The molecule has 3 aromatic carbocycles. The fraction of sp³-hybridized carbons (Fsp3) is 0.0455.